The van der Waals surface area contributed by atoms with Gasteiger partial charge in [0.1, 0.15) is 5.52 Å². The van der Waals surface area contributed by atoms with Crippen LogP contribution in [0.2, 0.25) is 0 Å². The van der Waals surface area contributed by atoms with E-state index in [0.29, 0.717) is 0 Å². The first-order chi connectivity index (χ1) is 5.70. The molecule has 0 aliphatic carbocycles. The van der Waals surface area contributed by atoms with Gasteiger partial charge in [0.15, 0.2) is 0 Å². The number of nitrogen functional groups attached to an aromatic ring is 1. The lowest BCUT2D eigenvalue weighted by atomic mass is 10.2. The Labute approximate surface area is 66.3 Å². The lowest BCUT2D eigenvalue weighted by Gasteiger charge is -1.93. The predicted molar refractivity (Wildman–Crippen MR) is 40.6 cm³/mol. The van der Waals surface area contributed by atoms with Crippen LogP contribution in [0.4, 0.5) is 14.6 Å². The molecule has 0 aliphatic rings. The second-order valence-electron chi connectivity index (χ2n) is 2.39. The summed E-state index contributed by atoms with van der Waals surface area (Å²) < 4.78 is 25.5. The Hall–Kier alpha value is -1.65. The number of fused-ring (bicyclic) bond motifs is 1. The van der Waals surface area contributed by atoms with Crippen LogP contribution >= 0.6 is 0 Å². The number of rotatable bonds is 0. The maximum Gasteiger partial charge on any atom is 0.243 e. The Kier molecular flexibility index (Phi) is 1.27. The number of halogens is 2. The van der Waals surface area contributed by atoms with Crippen molar-refractivity contribution in [2.75, 3.05) is 5.73 Å². The molecule has 0 fully saturated rings. The highest BCUT2D eigenvalue weighted by atomic mass is 19.2. The van der Waals surface area contributed by atoms with Crippen molar-refractivity contribution >= 4 is 16.6 Å². The lowest BCUT2D eigenvalue weighted by Crippen LogP contribution is -1.90. The summed E-state index contributed by atoms with van der Waals surface area (Å²) in [5.74, 6) is -0.847. The molecule has 2 aromatic rings. The van der Waals surface area contributed by atoms with Crippen molar-refractivity contribution in [3.8, 4) is 0 Å². The molecule has 0 saturated heterocycles. The summed E-state index contributed by atoms with van der Waals surface area (Å²) in [4.78, 5) is -0.0556. The summed E-state index contributed by atoms with van der Waals surface area (Å²) in [6.07, 6.45) is 0. The molecule has 0 unspecified atom stereocenters. The summed E-state index contributed by atoms with van der Waals surface area (Å²) in [7, 11) is 0. The molecule has 5 heteroatoms. The predicted octanol–water partition coefficient (Wildman–Crippen LogP) is 1.49. The van der Waals surface area contributed by atoms with Gasteiger partial charge in [0.2, 0.25) is 5.95 Å². The smallest absolute Gasteiger partial charge is 0.243 e. The van der Waals surface area contributed by atoms with Crippen molar-refractivity contribution in [3.05, 3.63) is 24.1 Å². The minimum Gasteiger partial charge on any atom is -0.397 e. The van der Waals surface area contributed by atoms with Gasteiger partial charge in [-0.3, -0.25) is 0 Å². The van der Waals surface area contributed by atoms with Gasteiger partial charge in [-0.15, -0.1) is 5.10 Å². The monoisotopic (exact) mass is 169 g/mol. The zero-order valence-corrected chi connectivity index (χ0v) is 5.96. The Morgan fingerprint density at radius 2 is 2.17 bits per heavy atom. The number of nitrogens with two attached hydrogens (primary N) is 1. The fourth-order valence-corrected chi connectivity index (χ4v) is 1.11. The van der Waals surface area contributed by atoms with E-state index in [2.05, 4.69) is 5.10 Å². The molecule has 1 heterocycles. The van der Waals surface area contributed by atoms with Crippen molar-refractivity contribution in [1.82, 2.24) is 10.0 Å². The van der Waals surface area contributed by atoms with Crippen molar-refractivity contribution < 1.29 is 8.87 Å². The van der Waals surface area contributed by atoms with E-state index in [1.54, 1.807) is 6.07 Å². The quantitative estimate of drug-likeness (QED) is 0.607. The van der Waals surface area contributed by atoms with Crippen LogP contribution in [0.1, 0.15) is 0 Å². The van der Waals surface area contributed by atoms with E-state index in [1.807, 2.05) is 0 Å². The molecule has 0 aliphatic heterocycles. The molecule has 0 spiro atoms. The maximum atomic E-state index is 12.8. The first-order valence-corrected chi connectivity index (χ1v) is 3.29. The third kappa shape index (κ3) is 0.761. The van der Waals surface area contributed by atoms with E-state index in [9.17, 15) is 8.87 Å². The van der Waals surface area contributed by atoms with E-state index in [1.165, 1.54) is 12.1 Å². The number of aromatic nitrogens is 2. The van der Waals surface area contributed by atoms with Crippen molar-refractivity contribution in [3.63, 3.8) is 0 Å². The van der Waals surface area contributed by atoms with Crippen molar-refractivity contribution in [2.45, 2.75) is 0 Å². The normalized spacial score (nSPS) is 10.8. The largest absolute Gasteiger partial charge is 0.397 e. The van der Waals surface area contributed by atoms with Gasteiger partial charge in [-0.05, 0) is 12.1 Å². The highest BCUT2D eigenvalue weighted by molar-refractivity contribution is 5.89. The minimum atomic E-state index is -0.847. The summed E-state index contributed by atoms with van der Waals surface area (Å²) >= 11 is 0. The van der Waals surface area contributed by atoms with E-state index in [4.69, 9.17) is 5.73 Å². The van der Waals surface area contributed by atoms with Crippen molar-refractivity contribution in [2.24, 2.45) is 0 Å². The molecule has 1 aromatic heterocycles. The van der Waals surface area contributed by atoms with E-state index >= 15 is 0 Å². The molecule has 12 heavy (non-hydrogen) atoms. The van der Waals surface area contributed by atoms with Gasteiger partial charge >= 0.3 is 0 Å². The van der Waals surface area contributed by atoms with Crippen LogP contribution in [0.15, 0.2) is 18.2 Å². The van der Waals surface area contributed by atoms with Gasteiger partial charge in [0.25, 0.3) is 0 Å². The maximum absolute atomic E-state index is 12.8. The first-order valence-electron chi connectivity index (χ1n) is 3.29. The number of benzene rings is 1. The van der Waals surface area contributed by atoms with E-state index < -0.39 is 5.95 Å². The molecule has 2 rings (SSSR count). The molecule has 3 nitrogen and oxygen atoms in total. The standard InChI is InChI=1S/C7H5F2N3/c8-7-4-2-1-3-5(10)6(4)12(9)11-7/h1-3H,10H2. The van der Waals surface area contributed by atoms with Crippen LogP contribution in [-0.2, 0) is 0 Å². The van der Waals surface area contributed by atoms with Gasteiger partial charge < -0.3 is 5.73 Å². The molecule has 0 amide bonds. The average molecular weight is 169 g/mol. The summed E-state index contributed by atoms with van der Waals surface area (Å²) in [6.45, 7) is 0. The summed E-state index contributed by atoms with van der Waals surface area (Å²) in [6, 6.07) is 4.45. The molecule has 62 valence electrons. The van der Waals surface area contributed by atoms with E-state index in [0.717, 1.165) is 0 Å². The summed E-state index contributed by atoms with van der Waals surface area (Å²) in [5, 5.41) is 3.05. The van der Waals surface area contributed by atoms with Gasteiger partial charge in [0, 0.05) is 0 Å². The van der Waals surface area contributed by atoms with Gasteiger partial charge in [-0.1, -0.05) is 15.5 Å². The van der Waals surface area contributed by atoms with Gasteiger partial charge in [-0.25, -0.2) is 0 Å². The molecular formula is C7H5F2N3. The average Bonchev–Trinajstić information content (AvgIpc) is 2.29. The molecule has 0 radical (unpaired) electrons. The first kappa shape index (κ1) is 7.02. The highest BCUT2D eigenvalue weighted by Crippen LogP contribution is 2.22. The number of hydrogen-bond donors (Lipinski definition) is 1. The van der Waals surface area contributed by atoms with Crippen LogP contribution in [0.5, 0.6) is 0 Å². The van der Waals surface area contributed by atoms with Gasteiger partial charge in [0.05, 0.1) is 11.1 Å². The molecule has 0 saturated carbocycles. The van der Waals surface area contributed by atoms with Crippen LogP contribution in [0.3, 0.4) is 0 Å². The Bertz CT molecular complexity index is 435. The van der Waals surface area contributed by atoms with Crippen LogP contribution in [-0.4, -0.2) is 10.0 Å². The number of hydrogen-bond acceptors (Lipinski definition) is 2. The van der Waals surface area contributed by atoms with Crippen LogP contribution in [0, 0.1) is 5.95 Å². The minimum absolute atomic E-state index is 0.0185. The van der Waals surface area contributed by atoms with Crippen molar-refractivity contribution in [1.29, 1.82) is 0 Å². The molecule has 2 N–H and O–H groups in total. The Morgan fingerprint density at radius 3 is 2.83 bits per heavy atom. The lowest BCUT2D eigenvalue weighted by molar-refractivity contribution is 0.317. The Morgan fingerprint density at radius 1 is 1.42 bits per heavy atom. The Balaban J connectivity index is 2.99. The van der Waals surface area contributed by atoms with Crippen LogP contribution < -0.4 is 5.73 Å². The fourth-order valence-electron chi connectivity index (χ4n) is 1.11. The van der Waals surface area contributed by atoms with Gasteiger partial charge in [-0.2, -0.15) is 4.39 Å². The zero-order chi connectivity index (χ0) is 8.72. The third-order valence-electron chi connectivity index (χ3n) is 1.65. The van der Waals surface area contributed by atoms with E-state index in [-0.39, 0.29) is 21.5 Å². The molecular weight excluding hydrogens is 164 g/mol. The van der Waals surface area contributed by atoms with Crippen LogP contribution in [0.25, 0.3) is 10.9 Å². The second kappa shape index (κ2) is 2.17. The topological polar surface area (TPSA) is 43.8 Å². The third-order valence-corrected chi connectivity index (χ3v) is 1.65. The second-order valence-corrected chi connectivity index (χ2v) is 2.39. The zero-order valence-electron chi connectivity index (χ0n) is 5.96. The molecule has 0 atom stereocenters. The number of para-hydroxylation sites is 1. The molecule has 1 aromatic carbocycles. The SMILES string of the molecule is Nc1cccc2c(F)nn(F)c12. The number of nitrogens with zero attached hydrogens (tertiary/aromatic N) is 2. The number of anilines is 1. The summed E-state index contributed by atoms with van der Waals surface area (Å²) in [5.41, 5.74) is 5.56. The molecule has 0 bridgehead atoms. The fraction of sp³-hybridized carbons (Fsp3) is 0. The highest BCUT2D eigenvalue weighted by Gasteiger charge is 2.11.